The van der Waals surface area contributed by atoms with E-state index in [2.05, 4.69) is 11.2 Å². The highest BCUT2D eigenvalue weighted by Crippen LogP contribution is 2.23. The van der Waals surface area contributed by atoms with Gasteiger partial charge in [-0.15, -0.1) is 6.42 Å². The molecule has 0 aliphatic carbocycles. The Kier molecular flexibility index (Phi) is 12.2. The zero-order valence-corrected chi connectivity index (χ0v) is 16.7. The summed E-state index contributed by atoms with van der Waals surface area (Å²) < 4.78 is 27.1. The van der Waals surface area contributed by atoms with Crippen molar-refractivity contribution in [3.63, 3.8) is 0 Å². The van der Waals surface area contributed by atoms with Crippen LogP contribution in [-0.4, -0.2) is 12.5 Å². The van der Waals surface area contributed by atoms with Gasteiger partial charge in [0.2, 0.25) is 0 Å². The third-order valence-corrected chi connectivity index (χ3v) is 3.25. The smallest absolute Gasteiger partial charge is 0.252 e. The van der Waals surface area contributed by atoms with Gasteiger partial charge in [0.05, 0.1) is 12.1 Å². The van der Waals surface area contributed by atoms with Crippen LogP contribution in [0.3, 0.4) is 0 Å². The second-order valence-electron chi connectivity index (χ2n) is 4.62. The lowest BCUT2D eigenvalue weighted by molar-refractivity contribution is -0.115. The molecule has 0 aliphatic heterocycles. The third-order valence-electron chi connectivity index (χ3n) is 3.00. The van der Waals surface area contributed by atoms with Crippen molar-refractivity contribution in [2.75, 3.05) is 6.54 Å². The normalized spacial score (nSPS) is 9.78. The number of hydrogen-bond donors (Lipinski definition) is 1. The number of terminal acetylenes is 1. The summed E-state index contributed by atoms with van der Waals surface area (Å²) in [6, 6.07) is 9.66. The van der Waals surface area contributed by atoms with Crippen LogP contribution in [0.5, 0.6) is 0 Å². The van der Waals surface area contributed by atoms with Crippen molar-refractivity contribution in [1.29, 1.82) is 0 Å². The highest BCUT2D eigenvalue weighted by Gasteiger charge is 2.16. The van der Waals surface area contributed by atoms with E-state index in [9.17, 15) is 13.6 Å². The SMILES string of the molecule is C#CCNC(=O)/C(=C/c1ccc(Cl)cc1)c1ccc(F)cc1F.CC.CC. The van der Waals surface area contributed by atoms with Crippen LogP contribution in [0.2, 0.25) is 5.02 Å². The average molecular weight is 392 g/mol. The largest absolute Gasteiger partial charge is 0.341 e. The van der Waals surface area contributed by atoms with Gasteiger partial charge in [0.1, 0.15) is 11.6 Å². The maximum atomic E-state index is 14.0. The Bertz CT molecular complexity index is 793. The number of nitrogens with one attached hydrogen (secondary N) is 1. The zero-order valence-electron chi connectivity index (χ0n) is 15.9. The van der Waals surface area contributed by atoms with E-state index in [1.165, 1.54) is 12.1 Å². The minimum absolute atomic E-state index is 0.000392. The van der Waals surface area contributed by atoms with Crippen molar-refractivity contribution in [3.8, 4) is 12.3 Å². The van der Waals surface area contributed by atoms with Gasteiger partial charge in [0.25, 0.3) is 5.91 Å². The van der Waals surface area contributed by atoms with E-state index >= 15 is 0 Å². The van der Waals surface area contributed by atoms with Crippen molar-refractivity contribution in [1.82, 2.24) is 5.32 Å². The molecule has 1 amide bonds. The van der Waals surface area contributed by atoms with E-state index in [1.54, 1.807) is 24.3 Å². The molecule has 27 heavy (non-hydrogen) atoms. The number of carbonyl (C=O) groups is 1. The molecule has 0 atom stereocenters. The molecule has 144 valence electrons. The summed E-state index contributed by atoms with van der Waals surface area (Å²) >= 11 is 5.82. The Morgan fingerprint density at radius 3 is 2.22 bits per heavy atom. The number of benzene rings is 2. The van der Waals surface area contributed by atoms with E-state index in [0.29, 0.717) is 10.6 Å². The quantitative estimate of drug-likeness (QED) is 0.389. The van der Waals surface area contributed by atoms with Crippen molar-refractivity contribution in [2.45, 2.75) is 27.7 Å². The molecule has 5 heteroatoms. The van der Waals surface area contributed by atoms with Gasteiger partial charge in [-0.05, 0) is 35.9 Å². The zero-order chi connectivity index (χ0) is 20.8. The molecule has 2 nitrogen and oxygen atoms in total. The van der Waals surface area contributed by atoms with Gasteiger partial charge in [-0.1, -0.05) is 57.3 Å². The highest BCUT2D eigenvalue weighted by molar-refractivity contribution is 6.30. The molecular weight excluding hydrogens is 368 g/mol. The summed E-state index contributed by atoms with van der Waals surface area (Å²) in [7, 11) is 0. The van der Waals surface area contributed by atoms with E-state index in [0.717, 1.165) is 12.1 Å². The van der Waals surface area contributed by atoms with Gasteiger partial charge < -0.3 is 5.32 Å². The highest BCUT2D eigenvalue weighted by atomic mass is 35.5. The molecule has 0 unspecified atom stereocenters. The number of amides is 1. The first kappa shape index (κ1) is 24.4. The monoisotopic (exact) mass is 391 g/mol. The summed E-state index contributed by atoms with van der Waals surface area (Å²) in [5, 5.41) is 3.01. The Morgan fingerprint density at radius 1 is 1.11 bits per heavy atom. The lowest BCUT2D eigenvalue weighted by Gasteiger charge is -2.09. The molecule has 0 aromatic heterocycles. The fraction of sp³-hybridized carbons (Fsp3) is 0.227. The lowest BCUT2D eigenvalue weighted by Crippen LogP contribution is -2.24. The van der Waals surface area contributed by atoms with Gasteiger partial charge in [0.15, 0.2) is 0 Å². The van der Waals surface area contributed by atoms with Crippen LogP contribution in [0, 0.1) is 24.0 Å². The number of halogens is 3. The van der Waals surface area contributed by atoms with Crippen molar-refractivity contribution in [3.05, 3.63) is 70.2 Å². The van der Waals surface area contributed by atoms with E-state index in [4.69, 9.17) is 18.0 Å². The fourth-order valence-corrected chi connectivity index (χ4v) is 2.05. The molecule has 0 bridgehead atoms. The molecule has 1 N–H and O–H groups in total. The summed E-state index contributed by atoms with van der Waals surface area (Å²) in [5.41, 5.74) is 0.667. The first-order valence-corrected chi connectivity index (χ1v) is 9.03. The molecule has 0 heterocycles. The standard InChI is InChI=1S/C18H12ClF2NO.2C2H6/c1-2-9-22-18(23)16(10-12-3-5-13(19)6-4-12)15-8-7-14(20)11-17(15)21;2*1-2/h1,3-8,10-11H,9H2,(H,22,23);2*1-2H3/b16-10+;;. The molecule has 2 aromatic rings. The van der Waals surface area contributed by atoms with Crippen molar-refractivity contribution in [2.24, 2.45) is 0 Å². The predicted molar refractivity (Wildman–Crippen MR) is 110 cm³/mol. The molecule has 0 aliphatic rings. The first-order valence-electron chi connectivity index (χ1n) is 8.65. The van der Waals surface area contributed by atoms with Crippen LogP contribution < -0.4 is 5.32 Å². The average Bonchev–Trinajstić information content (AvgIpc) is 2.69. The number of carbonyl (C=O) groups excluding carboxylic acids is 1. The minimum atomic E-state index is -0.832. The molecule has 2 rings (SSSR count). The number of rotatable bonds is 4. The van der Waals surface area contributed by atoms with Crippen molar-refractivity contribution >= 4 is 29.2 Å². The van der Waals surface area contributed by atoms with Gasteiger partial charge in [-0.25, -0.2) is 8.78 Å². The van der Waals surface area contributed by atoms with E-state index in [1.807, 2.05) is 27.7 Å². The molecular formula is C22H24ClF2NO. The molecule has 2 aromatic carbocycles. The van der Waals surface area contributed by atoms with Crippen LogP contribution in [0.4, 0.5) is 8.78 Å². The predicted octanol–water partition coefficient (Wildman–Crippen LogP) is 5.96. The number of hydrogen-bond acceptors (Lipinski definition) is 1. The second kappa shape index (κ2) is 13.5. The van der Waals surface area contributed by atoms with Gasteiger partial charge in [-0.2, -0.15) is 0 Å². The molecule has 0 saturated heterocycles. The fourth-order valence-electron chi connectivity index (χ4n) is 1.93. The van der Waals surface area contributed by atoms with Crippen LogP contribution in [0.25, 0.3) is 11.6 Å². The van der Waals surface area contributed by atoms with Crippen molar-refractivity contribution < 1.29 is 13.6 Å². The lowest BCUT2D eigenvalue weighted by atomic mass is 10.0. The van der Waals surface area contributed by atoms with Crippen LogP contribution >= 0.6 is 11.6 Å². The Morgan fingerprint density at radius 2 is 1.70 bits per heavy atom. The second-order valence-corrected chi connectivity index (χ2v) is 5.06. The first-order chi connectivity index (χ1) is 13.0. The Labute approximate surface area is 165 Å². The van der Waals surface area contributed by atoms with E-state index in [-0.39, 0.29) is 17.7 Å². The topological polar surface area (TPSA) is 29.1 Å². The van der Waals surface area contributed by atoms with Crippen LogP contribution in [0.1, 0.15) is 38.8 Å². The van der Waals surface area contributed by atoms with E-state index < -0.39 is 17.5 Å². The molecule has 0 saturated carbocycles. The molecule has 0 spiro atoms. The van der Waals surface area contributed by atoms with Crippen LogP contribution in [-0.2, 0) is 4.79 Å². The van der Waals surface area contributed by atoms with Crippen LogP contribution in [0.15, 0.2) is 42.5 Å². The Balaban J connectivity index is 0.00000158. The van der Waals surface area contributed by atoms with Gasteiger partial charge >= 0.3 is 0 Å². The maximum Gasteiger partial charge on any atom is 0.252 e. The summed E-state index contributed by atoms with van der Waals surface area (Å²) in [5.74, 6) is 0.164. The summed E-state index contributed by atoms with van der Waals surface area (Å²) in [6.07, 6.45) is 6.60. The summed E-state index contributed by atoms with van der Waals surface area (Å²) in [6.45, 7) is 8.00. The Hall–Kier alpha value is -2.64. The van der Waals surface area contributed by atoms with Gasteiger partial charge in [-0.3, -0.25) is 4.79 Å². The third kappa shape index (κ3) is 8.06. The van der Waals surface area contributed by atoms with Gasteiger partial charge in [0, 0.05) is 16.7 Å². The maximum absolute atomic E-state index is 14.0. The molecule has 0 radical (unpaired) electrons. The minimum Gasteiger partial charge on any atom is -0.341 e. The summed E-state index contributed by atoms with van der Waals surface area (Å²) in [4.78, 5) is 12.2. The molecule has 0 fully saturated rings.